The fourth-order valence-electron chi connectivity index (χ4n) is 1.73. The van der Waals surface area contributed by atoms with Gasteiger partial charge in [-0.25, -0.2) is 0 Å². The topological polar surface area (TPSA) is 69.6 Å². The lowest BCUT2D eigenvalue weighted by Crippen LogP contribution is -2.39. The van der Waals surface area contributed by atoms with E-state index in [1.165, 1.54) is 0 Å². The third kappa shape index (κ3) is 3.58. The Kier molecular flexibility index (Phi) is 4.34. The molecule has 0 heterocycles. The fraction of sp³-hybridized carbons (Fsp3) is 0.0667. The van der Waals surface area contributed by atoms with Gasteiger partial charge in [0.15, 0.2) is 0 Å². The second kappa shape index (κ2) is 6.38. The van der Waals surface area contributed by atoms with E-state index >= 15 is 0 Å². The van der Waals surface area contributed by atoms with Gasteiger partial charge < -0.3 is 5.11 Å². The molecule has 1 amide bonds. The molecular formula is C15H14N2O3. The maximum absolute atomic E-state index is 11.7. The van der Waals surface area contributed by atoms with Gasteiger partial charge in [0, 0.05) is 0 Å². The average molecular weight is 270 g/mol. The van der Waals surface area contributed by atoms with Crippen LogP contribution in [0.15, 0.2) is 60.7 Å². The molecule has 0 aliphatic heterocycles. The van der Waals surface area contributed by atoms with Crippen molar-refractivity contribution in [2.75, 3.05) is 5.01 Å². The number of nitrogens with zero attached hydrogens (tertiary/aromatic N) is 1. The van der Waals surface area contributed by atoms with Crippen LogP contribution in [0.5, 0.6) is 0 Å². The van der Waals surface area contributed by atoms with Crippen LogP contribution < -0.4 is 10.4 Å². The molecule has 2 rings (SSSR count). The predicted molar refractivity (Wildman–Crippen MR) is 75.4 cm³/mol. The maximum Gasteiger partial charge on any atom is 0.312 e. The number of rotatable bonds is 5. The van der Waals surface area contributed by atoms with E-state index in [4.69, 9.17) is 5.11 Å². The summed E-state index contributed by atoms with van der Waals surface area (Å²) < 4.78 is 0. The van der Waals surface area contributed by atoms with Crippen LogP contribution in [-0.2, 0) is 9.59 Å². The second-order valence-corrected chi connectivity index (χ2v) is 4.11. The van der Waals surface area contributed by atoms with E-state index in [1.54, 1.807) is 5.01 Å². The zero-order chi connectivity index (χ0) is 14.4. The summed E-state index contributed by atoms with van der Waals surface area (Å²) in [4.78, 5) is 22.3. The molecule has 0 unspecified atom stereocenters. The van der Waals surface area contributed by atoms with Crippen LogP contribution in [0.3, 0.4) is 0 Å². The van der Waals surface area contributed by atoms with E-state index in [9.17, 15) is 9.59 Å². The highest BCUT2D eigenvalue weighted by Crippen LogP contribution is 2.22. The summed E-state index contributed by atoms with van der Waals surface area (Å²) in [5, 5.41) is 10.2. The molecule has 0 saturated carbocycles. The van der Waals surface area contributed by atoms with Gasteiger partial charge in [-0.05, 0) is 24.3 Å². The van der Waals surface area contributed by atoms with E-state index in [-0.39, 0.29) is 0 Å². The average Bonchev–Trinajstić information content (AvgIpc) is 2.46. The Morgan fingerprint density at radius 1 is 0.900 bits per heavy atom. The standard InChI is InChI=1S/C15H14N2O3/c18-14(11-15(19)20)16-17(12-7-3-1-4-8-12)13-9-5-2-6-10-13/h1-10H,11H2,(H,16,18)(H,19,20). The van der Waals surface area contributed by atoms with Crippen LogP contribution in [0.1, 0.15) is 6.42 Å². The molecule has 0 spiro atoms. The predicted octanol–water partition coefficient (Wildman–Crippen LogP) is 2.33. The van der Waals surface area contributed by atoms with Crippen LogP contribution in [-0.4, -0.2) is 17.0 Å². The first-order valence-electron chi connectivity index (χ1n) is 6.08. The first-order chi connectivity index (χ1) is 9.66. The lowest BCUT2D eigenvalue weighted by Gasteiger charge is -2.25. The van der Waals surface area contributed by atoms with Gasteiger partial charge >= 0.3 is 5.97 Å². The highest BCUT2D eigenvalue weighted by molar-refractivity contribution is 5.94. The van der Waals surface area contributed by atoms with E-state index in [1.807, 2.05) is 60.7 Å². The van der Waals surface area contributed by atoms with E-state index in [2.05, 4.69) is 5.43 Å². The summed E-state index contributed by atoms with van der Waals surface area (Å²) in [6, 6.07) is 18.4. The summed E-state index contributed by atoms with van der Waals surface area (Å²) in [5.74, 6) is -1.74. The number of hydrazine groups is 1. The van der Waals surface area contributed by atoms with Crippen molar-refractivity contribution in [3.63, 3.8) is 0 Å². The number of benzene rings is 2. The molecule has 0 radical (unpaired) electrons. The van der Waals surface area contributed by atoms with E-state index < -0.39 is 18.3 Å². The van der Waals surface area contributed by atoms with Crippen molar-refractivity contribution in [3.8, 4) is 0 Å². The zero-order valence-electron chi connectivity index (χ0n) is 10.7. The number of carbonyl (C=O) groups is 2. The van der Waals surface area contributed by atoms with E-state index in [0.717, 1.165) is 11.4 Å². The Hall–Kier alpha value is -2.82. The van der Waals surface area contributed by atoms with Crippen molar-refractivity contribution in [3.05, 3.63) is 60.7 Å². The van der Waals surface area contributed by atoms with Crippen molar-refractivity contribution >= 4 is 23.3 Å². The highest BCUT2D eigenvalue weighted by Gasteiger charge is 2.14. The molecule has 5 heteroatoms. The lowest BCUT2D eigenvalue weighted by atomic mass is 10.2. The molecule has 2 N–H and O–H groups in total. The molecule has 0 aliphatic carbocycles. The summed E-state index contributed by atoms with van der Waals surface area (Å²) in [7, 11) is 0. The van der Waals surface area contributed by atoms with Gasteiger partial charge in [0.25, 0.3) is 0 Å². The summed E-state index contributed by atoms with van der Waals surface area (Å²) in [6.07, 6.45) is -0.573. The Bertz CT molecular complexity index is 545. The van der Waals surface area contributed by atoms with Crippen molar-refractivity contribution in [1.82, 2.24) is 5.43 Å². The number of amides is 1. The van der Waals surface area contributed by atoms with Gasteiger partial charge in [-0.15, -0.1) is 0 Å². The Balaban J connectivity index is 2.26. The molecule has 0 fully saturated rings. The van der Waals surface area contributed by atoms with Gasteiger partial charge in [0.1, 0.15) is 6.42 Å². The number of hydrogen-bond acceptors (Lipinski definition) is 3. The Morgan fingerprint density at radius 3 is 1.75 bits per heavy atom. The largest absolute Gasteiger partial charge is 0.481 e. The lowest BCUT2D eigenvalue weighted by molar-refractivity contribution is -0.140. The smallest absolute Gasteiger partial charge is 0.312 e. The van der Waals surface area contributed by atoms with Crippen LogP contribution in [0.2, 0.25) is 0 Å². The van der Waals surface area contributed by atoms with Crippen molar-refractivity contribution in [2.24, 2.45) is 0 Å². The molecule has 0 saturated heterocycles. The van der Waals surface area contributed by atoms with Crippen LogP contribution >= 0.6 is 0 Å². The first kappa shape index (κ1) is 13.6. The van der Waals surface area contributed by atoms with Gasteiger partial charge in [0.2, 0.25) is 5.91 Å². The number of hydrogen-bond donors (Lipinski definition) is 2. The summed E-state index contributed by atoms with van der Waals surface area (Å²) in [5.41, 5.74) is 4.09. The molecule has 0 aliphatic rings. The Labute approximate surface area is 116 Å². The van der Waals surface area contributed by atoms with Crippen molar-refractivity contribution in [1.29, 1.82) is 0 Å². The van der Waals surface area contributed by atoms with Crippen molar-refractivity contribution < 1.29 is 14.7 Å². The van der Waals surface area contributed by atoms with Gasteiger partial charge in [-0.1, -0.05) is 36.4 Å². The SMILES string of the molecule is O=C(O)CC(=O)NN(c1ccccc1)c1ccccc1. The Morgan fingerprint density at radius 2 is 1.35 bits per heavy atom. The zero-order valence-corrected chi connectivity index (χ0v) is 10.7. The third-order valence-corrected chi connectivity index (χ3v) is 2.58. The molecule has 0 aromatic heterocycles. The van der Waals surface area contributed by atoms with Gasteiger partial charge in [0.05, 0.1) is 11.4 Å². The molecule has 5 nitrogen and oxygen atoms in total. The van der Waals surface area contributed by atoms with Gasteiger partial charge in [-0.2, -0.15) is 0 Å². The van der Waals surface area contributed by atoms with E-state index in [0.29, 0.717) is 0 Å². The molecule has 0 atom stereocenters. The normalized spacial score (nSPS) is 9.80. The maximum atomic E-state index is 11.7. The molecule has 102 valence electrons. The van der Waals surface area contributed by atoms with Gasteiger partial charge in [-0.3, -0.25) is 20.0 Å². The number of carbonyl (C=O) groups excluding carboxylic acids is 1. The number of anilines is 2. The summed E-state index contributed by atoms with van der Waals surface area (Å²) >= 11 is 0. The molecule has 2 aromatic rings. The second-order valence-electron chi connectivity index (χ2n) is 4.11. The third-order valence-electron chi connectivity index (χ3n) is 2.58. The molecule has 2 aromatic carbocycles. The fourth-order valence-corrected chi connectivity index (χ4v) is 1.73. The first-order valence-corrected chi connectivity index (χ1v) is 6.08. The molecule has 0 bridgehead atoms. The van der Waals surface area contributed by atoms with Crippen LogP contribution in [0.25, 0.3) is 0 Å². The number of nitrogens with one attached hydrogen (secondary N) is 1. The monoisotopic (exact) mass is 270 g/mol. The van der Waals surface area contributed by atoms with Crippen molar-refractivity contribution in [2.45, 2.75) is 6.42 Å². The number of para-hydroxylation sites is 2. The minimum absolute atomic E-state index is 0.573. The minimum Gasteiger partial charge on any atom is -0.481 e. The quantitative estimate of drug-likeness (QED) is 0.646. The van der Waals surface area contributed by atoms with Crippen LogP contribution in [0, 0.1) is 0 Å². The summed E-state index contributed by atoms with van der Waals surface area (Å²) in [6.45, 7) is 0. The van der Waals surface area contributed by atoms with Crippen LogP contribution in [0.4, 0.5) is 11.4 Å². The minimum atomic E-state index is -1.16. The molecule has 20 heavy (non-hydrogen) atoms. The number of carboxylic acids is 1. The molecular weight excluding hydrogens is 256 g/mol. The number of carboxylic acid groups (broad SMARTS) is 1. The number of aliphatic carboxylic acids is 1. The highest BCUT2D eigenvalue weighted by atomic mass is 16.4.